The molecule has 1 aliphatic heterocycles. The summed E-state index contributed by atoms with van der Waals surface area (Å²) in [4.78, 5) is 2.36. The number of nitrogens with zero attached hydrogens (tertiary/aromatic N) is 1. The maximum atomic E-state index is 8.79. The molecular formula is C11H17NO2S. The van der Waals surface area contributed by atoms with E-state index in [0.29, 0.717) is 0 Å². The van der Waals surface area contributed by atoms with Crippen LogP contribution in [0.15, 0.2) is 16.8 Å². The maximum absolute atomic E-state index is 8.79. The van der Waals surface area contributed by atoms with Crippen LogP contribution in [0.2, 0.25) is 0 Å². The van der Waals surface area contributed by atoms with Crippen LogP contribution < -0.4 is 0 Å². The van der Waals surface area contributed by atoms with Gasteiger partial charge in [0.05, 0.1) is 12.7 Å². The predicted octanol–water partition coefficient (Wildman–Crippen LogP) is 1.50. The molecule has 3 nitrogen and oxygen atoms in total. The van der Waals surface area contributed by atoms with Gasteiger partial charge in [-0.15, -0.1) is 0 Å². The van der Waals surface area contributed by atoms with E-state index in [1.807, 2.05) is 0 Å². The monoisotopic (exact) mass is 227 g/mol. The van der Waals surface area contributed by atoms with Crippen molar-refractivity contribution in [3.05, 3.63) is 22.4 Å². The molecule has 1 N–H and O–H groups in total. The first kappa shape index (κ1) is 11.1. The summed E-state index contributed by atoms with van der Waals surface area (Å²) in [6.07, 6.45) is 1.08. The van der Waals surface area contributed by atoms with Gasteiger partial charge in [0.15, 0.2) is 0 Å². The minimum absolute atomic E-state index is 0.226. The van der Waals surface area contributed by atoms with Crippen molar-refractivity contribution in [2.24, 2.45) is 0 Å². The molecule has 1 aromatic rings. The number of aliphatic hydroxyl groups is 1. The van der Waals surface area contributed by atoms with Gasteiger partial charge in [-0.25, -0.2) is 0 Å². The van der Waals surface area contributed by atoms with Crippen LogP contribution in [0.3, 0.4) is 0 Å². The van der Waals surface area contributed by atoms with Crippen molar-refractivity contribution in [2.45, 2.75) is 12.5 Å². The highest BCUT2D eigenvalue weighted by Crippen LogP contribution is 2.23. The molecule has 0 aromatic carbocycles. The summed E-state index contributed by atoms with van der Waals surface area (Å²) < 4.78 is 5.74. The average Bonchev–Trinajstić information content (AvgIpc) is 2.80. The van der Waals surface area contributed by atoms with Crippen LogP contribution in [0.4, 0.5) is 0 Å². The Morgan fingerprint density at radius 3 is 3.27 bits per heavy atom. The minimum atomic E-state index is 0.226. The van der Waals surface area contributed by atoms with E-state index in [4.69, 9.17) is 9.84 Å². The van der Waals surface area contributed by atoms with Crippen LogP contribution in [-0.4, -0.2) is 42.9 Å². The highest BCUT2D eigenvalue weighted by molar-refractivity contribution is 7.07. The lowest BCUT2D eigenvalue weighted by Gasteiger charge is -2.32. The van der Waals surface area contributed by atoms with E-state index in [1.165, 1.54) is 5.56 Å². The largest absolute Gasteiger partial charge is 0.396 e. The van der Waals surface area contributed by atoms with Crippen LogP contribution in [0.5, 0.6) is 0 Å². The van der Waals surface area contributed by atoms with Gasteiger partial charge < -0.3 is 9.84 Å². The Morgan fingerprint density at radius 1 is 1.60 bits per heavy atom. The number of ether oxygens (including phenoxy) is 1. The molecule has 0 aliphatic carbocycles. The van der Waals surface area contributed by atoms with Crippen molar-refractivity contribution in [3.8, 4) is 0 Å². The third kappa shape index (κ3) is 3.01. The minimum Gasteiger partial charge on any atom is -0.396 e. The van der Waals surface area contributed by atoms with Crippen molar-refractivity contribution in [3.63, 3.8) is 0 Å². The van der Waals surface area contributed by atoms with Crippen molar-refractivity contribution in [2.75, 3.05) is 32.8 Å². The molecule has 0 saturated carbocycles. The second-order valence-corrected chi connectivity index (χ2v) is 4.57. The van der Waals surface area contributed by atoms with Gasteiger partial charge in [0.1, 0.15) is 0 Å². The lowest BCUT2D eigenvalue weighted by atomic mass is 10.1. The zero-order valence-corrected chi connectivity index (χ0v) is 9.58. The molecule has 0 spiro atoms. The first-order valence-electron chi connectivity index (χ1n) is 5.37. The summed E-state index contributed by atoms with van der Waals surface area (Å²) in [7, 11) is 0. The molecule has 4 heteroatoms. The topological polar surface area (TPSA) is 32.7 Å². The lowest BCUT2D eigenvalue weighted by molar-refractivity contribution is -0.0310. The van der Waals surface area contributed by atoms with Crippen molar-refractivity contribution in [1.82, 2.24) is 4.90 Å². The van der Waals surface area contributed by atoms with Crippen LogP contribution in [0.1, 0.15) is 18.1 Å². The molecule has 0 radical (unpaired) electrons. The summed E-state index contributed by atoms with van der Waals surface area (Å²) in [5, 5.41) is 13.0. The van der Waals surface area contributed by atoms with Gasteiger partial charge in [-0.2, -0.15) is 11.3 Å². The van der Waals surface area contributed by atoms with E-state index in [9.17, 15) is 0 Å². The van der Waals surface area contributed by atoms with Crippen LogP contribution in [0, 0.1) is 0 Å². The number of rotatable bonds is 4. The number of hydrogen-bond acceptors (Lipinski definition) is 4. The molecule has 84 valence electrons. The summed E-state index contributed by atoms with van der Waals surface area (Å²) in [5.41, 5.74) is 1.29. The van der Waals surface area contributed by atoms with Gasteiger partial charge in [0, 0.05) is 26.2 Å². The smallest absolute Gasteiger partial charge is 0.0960 e. The molecule has 0 amide bonds. The summed E-state index contributed by atoms with van der Waals surface area (Å²) in [6, 6.07) is 2.13. The molecule has 1 unspecified atom stereocenters. The summed E-state index contributed by atoms with van der Waals surface area (Å²) in [5.74, 6) is 0. The average molecular weight is 227 g/mol. The van der Waals surface area contributed by atoms with Gasteiger partial charge in [0.25, 0.3) is 0 Å². The molecule has 1 saturated heterocycles. The van der Waals surface area contributed by atoms with Crippen molar-refractivity contribution in [1.29, 1.82) is 0 Å². The molecule has 1 aromatic heterocycles. The third-order valence-electron chi connectivity index (χ3n) is 2.70. The van der Waals surface area contributed by atoms with Crippen LogP contribution >= 0.6 is 11.3 Å². The fourth-order valence-corrected chi connectivity index (χ4v) is 2.56. The van der Waals surface area contributed by atoms with E-state index in [-0.39, 0.29) is 12.7 Å². The second kappa shape index (κ2) is 5.61. The Morgan fingerprint density at radius 2 is 2.53 bits per heavy atom. The summed E-state index contributed by atoms with van der Waals surface area (Å²) in [6.45, 7) is 3.99. The standard InChI is InChI=1S/C11H17NO2S/c13-5-1-3-12-4-6-14-11(8-12)10-2-7-15-9-10/h2,7,9,11,13H,1,3-6,8H2. The molecular weight excluding hydrogens is 210 g/mol. The van der Waals surface area contributed by atoms with Crippen molar-refractivity contribution < 1.29 is 9.84 Å². The van der Waals surface area contributed by atoms with E-state index in [0.717, 1.165) is 32.7 Å². The Bertz CT molecular complexity index is 276. The Kier molecular flexibility index (Phi) is 4.14. The molecule has 1 aliphatic rings. The Labute approximate surface area is 94.3 Å². The zero-order valence-electron chi connectivity index (χ0n) is 8.76. The van der Waals surface area contributed by atoms with Gasteiger partial charge in [-0.1, -0.05) is 0 Å². The number of thiophene rings is 1. The third-order valence-corrected chi connectivity index (χ3v) is 3.40. The van der Waals surface area contributed by atoms with E-state index < -0.39 is 0 Å². The maximum Gasteiger partial charge on any atom is 0.0960 e. The van der Waals surface area contributed by atoms with E-state index >= 15 is 0 Å². The van der Waals surface area contributed by atoms with E-state index in [1.54, 1.807) is 11.3 Å². The number of aliphatic hydroxyl groups excluding tert-OH is 1. The Hall–Kier alpha value is -0.420. The fraction of sp³-hybridized carbons (Fsp3) is 0.636. The van der Waals surface area contributed by atoms with Gasteiger partial charge in [-0.05, 0) is 28.8 Å². The molecule has 1 fully saturated rings. The first-order valence-corrected chi connectivity index (χ1v) is 6.31. The SMILES string of the molecule is OCCCN1CCOC(c2ccsc2)C1. The molecule has 2 heterocycles. The van der Waals surface area contributed by atoms with Crippen molar-refractivity contribution >= 4 is 11.3 Å². The van der Waals surface area contributed by atoms with Gasteiger partial charge in [0.2, 0.25) is 0 Å². The highest BCUT2D eigenvalue weighted by atomic mass is 32.1. The highest BCUT2D eigenvalue weighted by Gasteiger charge is 2.21. The molecule has 15 heavy (non-hydrogen) atoms. The van der Waals surface area contributed by atoms with Crippen LogP contribution in [0.25, 0.3) is 0 Å². The number of hydrogen-bond donors (Lipinski definition) is 1. The first-order chi connectivity index (χ1) is 7.40. The molecule has 0 bridgehead atoms. The Balaban J connectivity index is 1.87. The van der Waals surface area contributed by atoms with E-state index in [2.05, 4.69) is 21.7 Å². The molecule has 1 atom stereocenters. The lowest BCUT2D eigenvalue weighted by Crippen LogP contribution is -2.38. The zero-order chi connectivity index (χ0) is 10.5. The van der Waals surface area contributed by atoms with Crippen LogP contribution in [-0.2, 0) is 4.74 Å². The molecule has 2 rings (SSSR count). The van der Waals surface area contributed by atoms with Gasteiger partial charge >= 0.3 is 0 Å². The predicted molar refractivity (Wildman–Crippen MR) is 61.2 cm³/mol. The summed E-state index contributed by atoms with van der Waals surface area (Å²) >= 11 is 1.71. The van der Waals surface area contributed by atoms with Gasteiger partial charge in [-0.3, -0.25) is 4.90 Å². The fourth-order valence-electron chi connectivity index (χ4n) is 1.86. The normalized spacial score (nSPS) is 23.1. The number of morpholine rings is 1. The second-order valence-electron chi connectivity index (χ2n) is 3.79. The quantitative estimate of drug-likeness (QED) is 0.846.